The van der Waals surface area contributed by atoms with Gasteiger partial charge >= 0.3 is 6.18 Å². The highest BCUT2D eigenvalue weighted by Crippen LogP contribution is 2.29. The van der Waals surface area contributed by atoms with Crippen LogP contribution in [-0.4, -0.2) is 24.0 Å². The molecular formula is C13H19F3N4S. The Morgan fingerprint density at radius 1 is 1.38 bits per heavy atom. The van der Waals surface area contributed by atoms with Crippen molar-refractivity contribution in [2.75, 3.05) is 7.05 Å². The Bertz CT molecular complexity index is 478. The van der Waals surface area contributed by atoms with E-state index in [-0.39, 0.29) is 6.54 Å². The van der Waals surface area contributed by atoms with Crippen LogP contribution in [0, 0.1) is 0 Å². The molecule has 1 aromatic heterocycles. The van der Waals surface area contributed by atoms with Gasteiger partial charge in [-0.05, 0) is 12.8 Å². The van der Waals surface area contributed by atoms with Crippen molar-refractivity contribution < 1.29 is 13.2 Å². The van der Waals surface area contributed by atoms with Gasteiger partial charge in [-0.3, -0.25) is 4.99 Å². The fourth-order valence-electron chi connectivity index (χ4n) is 2.32. The van der Waals surface area contributed by atoms with E-state index in [1.54, 1.807) is 7.05 Å². The number of hydrogen-bond acceptors (Lipinski definition) is 3. The van der Waals surface area contributed by atoms with Gasteiger partial charge in [0.15, 0.2) is 11.7 Å². The summed E-state index contributed by atoms with van der Waals surface area (Å²) in [5.41, 5.74) is -0.834. The largest absolute Gasteiger partial charge is 0.434 e. The van der Waals surface area contributed by atoms with Crippen LogP contribution in [0.15, 0.2) is 10.4 Å². The molecule has 0 bridgehead atoms. The van der Waals surface area contributed by atoms with Crippen LogP contribution in [0.2, 0.25) is 0 Å². The molecule has 2 rings (SSSR count). The maximum absolute atomic E-state index is 12.5. The molecule has 2 N–H and O–H groups in total. The minimum absolute atomic E-state index is 0.243. The fourth-order valence-corrected chi connectivity index (χ4v) is 3.06. The first-order chi connectivity index (χ1) is 9.99. The molecule has 0 amide bonds. The summed E-state index contributed by atoms with van der Waals surface area (Å²) in [7, 11) is 1.65. The van der Waals surface area contributed by atoms with Crippen molar-refractivity contribution in [2.24, 2.45) is 4.99 Å². The summed E-state index contributed by atoms with van der Waals surface area (Å²) >= 11 is 0.999. The number of rotatable bonds is 3. The summed E-state index contributed by atoms with van der Waals surface area (Å²) in [5, 5.41) is 7.76. The van der Waals surface area contributed by atoms with Crippen molar-refractivity contribution in [1.82, 2.24) is 15.6 Å². The van der Waals surface area contributed by atoms with Gasteiger partial charge in [0.1, 0.15) is 5.01 Å². The second-order valence-electron chi connectivity index (χ2n) is 5.03. The van der Waals surface area contributed by atoms with Crippen molar-refractivity contribution in [3.05, 3.63) is 16.1 Å². The molecule has 1 aromatic rings. The predicted molar refractivity (Wildman–Crippen MR) is 77.3 cm³/mol. The summed E-state index contributed by atoms with van der Waals surface area (Å²) < 4.78 is 37.4. The number of aliphatic imine (C=N–C) groups is 1. The Morgan fingerprint density at radius 2 is 2.10 bits per heavy atom. The maximum atomic E-state index is 12.5. The Labute approximate surface area is 125 Å². The number of hydrogen-bond donors (Lipinski definition) is 2. The first kappa shape index (κ1) is 16.1. The smallest absolute Gasteiger partial charge is 0.354 e. The molecule has 21 heavy (non-hydrogen) atoms. The Kier molecular flexibility index (Phi) is 5.44. The second-order valence-corrected chi connectivity index (χ2v) is 5.97. The number of guanidine groups is 1. The third-order valence-corrected chi connectivity index (χ3v) is 4.27. The predicted octanol–water partition coefficient (Wildman–Crippen LogP) is 3.16. The molecule has 1 aliphatic carbocycles. The van der Waals surface area contributed by atoms with E-state index in [1.807, 2.05) is 0 Å². The summed E-state index contributed by atoms with van der Waals surface area (Å²) in [6.45, 7) is 0.243. The van der Waals surface area contributed by atoms with Crippen molar-refractivity contribution in [2.45, 2.75) is 50.9 Å². The van der Waals surface area contributed by atoms with Crippen LogP contribution in [0.4, 0.5) is 13.2 Å². The van der Waals surface area contributed by atoms with E-state index >= 15 is 0 Å². The monoisotopic (exact) mass is 320 g/mol. The first-order valence-corrected chi connectivity index (χ1v) is 7.86. The zero-order valence-corrected chi connectivity index (χ0v) is 12.7. The molecule has 0 spiro atoms. The van der Waals surface area contributed by atoms with Gasteiger partial charge < -0.3 is 10.6 Å². The van der Waals surface area contributed by atoms with Crippen molar-refractivity contribution in [3.8, 4) is 0 Å². The van der Waals surface area contributed by atoms with Crippen LogP contribution in [-0.2, 0) is 12.7 Å². The fraction of sp³-hybridized carbons (Fsp3) is 0.692. The summed E-state index contributed by atoms with van der Waals surface area (Å²) in [5.74, 6) is 0.616. The molecule has 1 heterocycles. The van der Waals surface area contributed by atoms with Crippen LogP contribution >= 0.6 is 11.3 Å². The highest BCUT2D eigenvalue weighted by molar-refractivity contribution is 7.09. The van der Waals surface area contributed by atoms with Crippen LogP contribution in [0.3, 0.4) is 0 Å². The van der Waals surface area contributed by atoms with Crippen LogP contribution in [0.5, 0.6) is 0 Å². The first-order valence-electron chi connectivity index (χ1n) is 6.98. The van der Waals surface area contributed by atoms with Gasteiger partial charge in [-0.25, -0.2) is 4.98 Å². The molecule has 0 aromatic carbocycles. The molecule has 1 fully saturated rings. The van der Waals surface area contributed by atoms with E-state index in [1.165, 1.54) is 19.3 Å². The Balaban J connectivity index is 1.84. The molecule has 1 saturated carbocycles. The molecule has 4 nitrogen and oxygen atoms in total. The molecule has 0 saturated heterocycles. The molecule has 8 heteroatoms. The van der Waals surface area contributed by atoms with E-state index < -0.39 is 11.9 Å². The second kappa shape index (κ2) is 7.11. The van der Waals surface area contributed by atoms with E-state index in [2.05, 4.69) is 20.6 Å². The minimum Gasteiger partial charge on any atom is -0.354 e. The third kappa shape index (κ3) is 4.87. The van der Waals surface area contributed by atoms with Crippen LogP contribution < -0.4 is 10.6 Å². The Hall–Kier alpha value is -1.31. The van der Waals surface area contributed by atoms with E-state index in [4.69, 9.17) is 0 Å². The van der Waals surface area contributed by atoms with Crippen molar-refractivity contribution in [1.29, 1.82) is 0 Å². The average molecular weight is 320 g/mol. The zero-order valence-electron chi connectivity index (χ0n) is 11.8. The molecular weight excluding hydrogens is 301 g/mol. The van der Waals surface area contributed by atoms with Gasteiger partial charge in [0.2, 0.25) is 0 Å². The molecule has 0 unspecified atom stereocenters. The zero-order chi connectivity index (χ0) is 15.3. The van der Waals surface area contributed by atoms with Gasteiger partial charge in [-0.15, -0.1) is 11.3 Å². The van der Waals surface area contributed by atoms with Crippen molar-refractivity contribution >= 4 is 17.3 Å². The lowest BCUT2D eigenvalue weighted by atomic mass is 9.96. The summed E-state index contributed by atoms with van der Waals surface area (Å²) in [4.78, 5) is 7.68. The molecule has 0 atom stereocenters. The third-order valence-electron chi connectivity index (χ3n) is 3.42. The number of halogens is 3. The van der Waals surface area contributed by atoms with Crippen LogP contribution in [0.25, 0.3) is 0 Å². The highest BCUT2D eigenvalue weighted by Gasteiger charge is 2.33. The molecule has 0 radical (unpaired) electrons. The van der Waals surface area contributed by atoms with Crippen molar-refractivity contribution in [3.63, 3.8) is 0 Å². The van der Waals surface area contributed by atoms with Gasteiger partial charge in [0.05, 0.1) is 6.54 Å². The summed E-state index contributed by atoms with van der Waals surface area (Å²) in [6, 6.07) is 0.395. The van der Waals surface area contributed by atoms with Gasteiger partial charge in [-0.1, -0.05) is 19.3 Å². The SMILES string of the molecule is CN=C(NCc1nc(C(F)(F)F)cs1)NC1CCCCC1. The molecule has 0 aliphatic heterocycles. The van der Waals surface area contributed by atoms with Gasteiger partial charge in [0.25, 0.3) is 0 Å². The molecule has 118 valence electrons. The lowest BCUT2D eigenvalue weighted by molar-refractivity contribution is -0.140. The number of alkyl halides is 3. The Morgan fingerprint density at radius 3 is 2.67 bits per heavy atom. The highest BCUT2D eigenvalue weighted by atomic mass is 32.1. The van der Waals surface area contributed by atoms with E-state index in [0.29, 0.717) is 17.0 Å². The average Bonchev–Trinajstić information content (AvgIpc) is 2.93. The number of nitrogens with one attached hydrogen (secondary N) is 2. The number of aromatic nitrogens is 1. The number of nitrogens with zero attached hydrogens (tertiary/aromatic N) is 2. The standard InChI is InChI=1S/C13H19F3N4S/c1-17-12(19-9-5-3-2-4-6-9)18-7-11-20-10(8-21-11)13(14,15)16/h8-9H,2-7H2,1H3,(H2,17,18,19). The topological polar surface area (TPSA) is 49.3 Å². The lowest BCUT2D eigenvalue weighted by Crippen LogP contribution is -2.43. The summed E-state index contributed by atoms with van der Waals surface area (Å²) in [6.07, 6.45) is 1.51. The van der Waals surface area contributed by atoms with Crippen LogP contribution in [0.1, 0.15) is 42.8 Å². The van der Waals surface area contributed by atoms with E-state index in [9.17, 15) is 13.2 Å². The molecule has 1 aliphatic rings. The van der Waals surface area contributed by atoms with Gasteiger partial charge in [-0.2, -0.15) is 13.2 Å². The maximum Gasteiger partial charge on any atom is 0.434 e. The lowest BCUT2D eigenvalue weighted by Gasteiger charge is -2.24. The normalized spacial score (nSPS) is 17.8. The number of thiazole rings is 1. The van der Waals surface area contributed by atoms with Gasteiger partial charge in [0, 0.05) is 18.5 Å². The minimum atomic E-state index is -4.38. The quantitative estimate of drug-likeness (QED) is 0.664. The van der Waals surface area contributed by atoms with E-state index in [0.717, 1.165) is 29.6 Å².